The molecule has 0 spiro atoms. The van der Waals surface area contributed by atoms with E-state index in [2.05, 4.69) is 131 Å². The van der Waals surface area contributed by atoms with Crippen LogP contribution in [0, 0.1) is 0 Å². The molecule has 1 aliphatic heterocycles. The zero-order valence-electron chi connectivity index (χ0n) is 21.0. The number of benzene rings is 4. The SMILES string of the molecule is C1=CC2c3ccccc3N(c3nccc4c3sc3ccc(-n5c6ccccc6c6ccccc65)cc34)C2C=C1. The fraction of sp³-hybridized carbons (Fsp3) is 0.0571. The minimum atomic E-state index is 0.240. The average Bonchev–Trinajstić information content (AvgIpc) is 3.65. The molecule has 3 aromatic heterocycles. The van der Waals surface area contributed by atoms with Crippen molar-refractivity contribution in [1.82, 2.24) is 9.55 Å². The Kier molecular flexibility index (Phi) is 4.32. The molecule has 2 atom stereocenters. The van der Waals surface area contributed by atoms with E-state index in [-0.39, 0.29) is 6.04 Å². The van der Waals surface area contributed by atoms with Crippen molar-refractivity contribution in [2.24, 2.45) is 0 Å². The van der Waals surface area contributed by atoms with E-state index in [1.807, 2.05) is 17.5 Å². The van der Waals surface area contributed by atoms with Gasteiger partial charge in [0.2, 0.25) is 0 Å². The van der Waals surface area contributed by atoms with Crippen molar-refractivity contribution < 1.29 is 0 Å². The van der Waals surface area contributed by atoms with Crippen LogP contribution in [0.25, 0.3) is 47.7 Å². The highest BCUT2D eigenvalue weighted by molar-refractivity contribution is 7.26. The van der Waals surface area contributed by atoms with Crippen molar-refractivity contribution in [3.8, 4) is 5.69 Å². The van der Waals surface area contributed by atoms with Gasteiger partial charge in [0.15, 0.2) is 5.82 Å². The summed E-state index contributed by atoms with van der Waals surface area (Å²) in [5, 5.41) is 5.11. The Labute approximate surface area is 229 Å². The first kappa shape index (κ1) is 21.3. The van der Waals surface area contributed by atoms with Gasteiger partial charge in [0.25, 0.3) is 0 Å². The van der Waals surface area contributed by atoms with E-state index in [0.717, 1.165) is 5.82 Å². The molecule has 0 N–H and O–H groups in total. The van der Waals surface area contributed by atoms with Gasteiger partial charge < -0.3 is 9.47 Å². The Morgan fingerprint density at radius 1 is 0.667 bits per heavy atom. The Bertz CT molecular complexity index is 2110. The molecule has 2 unspecified atom stereocenters. The Hall–Kier alpha value is -4.67. The van der Waals surface area contributed by atoms with Crippen molar-refractivity contribution in [1.29, 1.82) is 0 Å². The summed E-state index contributed by atoms with van der Waals surface area (Å²) in [5.41, 5.74) is 6.28. The number of nitrogens with zero attached hydrogens (tertiary/aromatic N) is 3. The molecular formula is C35H23N3S. The van der Waals surface area contributed by atoms with E-state index in [1.54, 1.807) is 0 Å². The van der Waals surface area contributed by atoms with Crippen LogP contribution in [0.5, 0.6) is 0 Å². The normalized spacial score (nSPS) is 18.0. The third-order valence-corrected chi connectivity index (χ3v) is 9.56. The summed E-state index contributed by atoms with van der Waals surface area (Å²) >= 11 is 1.85. The minimum Gasteiger partial charge on any atom is -0.317 e. The molecule has 4 aromatic carbocycles. The molecule has 0 radical (unpaired) electrons. The molecule has 0 saturated heterocycles. The van der Waals surface area contributed by atoms with Crippen LogP contribution >= 0.6 is 11.3 Å². The lowest BCUT2D eigenvalue weighted by Crippen LogP contribution is -2.29. The van der Waals surface area contributed by atoms with E-state index in [4.69, 9.17) is 4.98 Å². The summed E-state index contributed by atoms with van der Waals surface area (Å²) in [5.74, 6) is 1.39. The zero-order valence-corrected chi connectivity index (χ0v) is 21.8. The van der Waals surface area contributed by atoms with E-state index >= 15 is 0 Å². The lowest BCUT2D eigenvalue weighted by molar-refractivity contribution is 0.740. The standard InChI is InChI=1S/C35H23N3S/c1-5-13-29-23(9-1)24-10-2-6-14-30(24)37(29)22-17-18-33-28(21-22)27-19-20-36-35(34(27)39-33)38-31-15-7-3-11-25(31)26-12-4-8-16-32(26)38/h1-21,25,31H. The molecule has 2 aliphatic rings. The molecule has 184 valence electrons. The molecule has 3 nitrogen and oxygen atoms in total. The number of fused-ring (bicyclic) bond motifs is 9. The number of para-hydroxylation sites is 3. The highest BCUT2D eigenvalue weighted by Gasteiger charge is 2.38. The number of rotatable bonds is 2. The molecular weight excluding hydrogens is 494 g/mol. The van der Waals surface area contributed by atoms with Crippen LogP contribution in [0.3, 0.4) is 0 Å². The highest BCUT2D eigenvalue weighted by atomic mass is 32.1. The number of aromatic nitrogens is 2. The van der Waals surface area contributed by atoms with Gasteiger partial charge in [0, 0.05) is 49.7 Å². The zero-order chi connectivity index (χ0) is 25.5. The molecule has 0 fully saturated rings. The number of anilines is 2. The van der Waals surface area contributed by atoms with Gasteiger partial charge in [-0.2, -0.15) is 0 Å². The Morgan fingerprint density at radius 3 is 2.26 bits per heavy atom. The smallest absolute Gasteiger partial charge is 0.151 e. The second-order valence-corrected chi connectivity index (χ2v) is 11.4. The van der Waals surface area contributed by atoms with Crippen LogP contribution in [-0.4, -0.2) is 15.6 Å². The van der Waals surface area contributed by atoms with Gasteiger partial charge in [0.05, 0.1) is 21.8 Å². The summed E-state index contributed by atoms with van der Waals surface area (Å²) in [7, 11) is 0. The van der Waals surface area contributed by atoms with Gasteiger partial charge in [-0.1, -0.05) is 78.9 Å². The van der Waals surface area contributed by atoms with E-state index in [0.29, 0.717) is 5.92 Å². The summed E-state index contributed by atoms with van der Waals surface area (Å²) in [4.78, 5) is 7.45. The van der Waals surface area contributed by atoms with Gasteiger partial charge >= 0.3 is 0 Å². The van der Waals surface area contributed by atoms with Gasteiger partial charge in [-0.05, 0) is 48.0 Å². The third-order valence-electron chi connectivity index (χ3n) is 8.38. The van der Waals surface area contributed by atoms with Crippen LogP contribution in [0.2, 0.25) is 0 Å². The molecule has 9 rings (SSSR count). The van der Waals surface area contributed by atoms with Crippen LogP contribution in [0.1, 0.15) is 11.5 Å². The number of pyridine rings is 1. The van der Waals surface area contributed by atoms with Gasteiger partial charge in [-0.3, -0.25) is 0 Å². The Morgan fingerprint density at radius 2 is 1.41 bits per heavy atom. The van der Waals surface area contributed by atoms with Crippen molar-refractivity contribution in [2.75, 3.05) is 4.90 Å². The first-order valence-corrected chi connectivity index (χ1v) is 14.2. The molecule has 7 aromatic rings. The van der Waals surface area contributed by atoms with Gasteiger partial charge in [-0.15, -0.1) is 11.3 Å². The van der Waals surface area contributed by atoms with Crippen LogP contribution in [-0.2, 0) is 0 Å². The number of hydrogen-bond donors (Lipinski definition) is 0. The predicted molar refractivity (Wildman–Crippen MR) is 165 cm³/mol. The maximum absolute atomic E-state index is 5.00. The van der Waals surface area contributed by atoms with Crippen molar-refractivity contribution in [3.05, 3.63) is 133 Å². The molecule has 4 heteroatoms. The third kappa shape index (κ3) is 2.89. The van der Waals surface area contributed by atoms with Gasteiger partial charge in [-0.25, -0.2) is 4.98 Å². The Balaban J connectivity index is 1.28. The van der Waals surface area contributed by atoms with Crippen molar-refractivity contribution in [2.45, 2.75) is 12.0 Å². The predicted octanol–water partition coefficient (Wildman–Crippen LogP) is 9.28. The molecule has 1 aliphatic carbocycles. The van der Waals surface area contributed by atoms with E-state index in [1.165, 1.54) is 58.9 Å². The number of thiophene rings is 1. The second kappa shape index (κ2) is 7.92. The second-order valence-electron chi connectivity index (χ2n) is 10.4. The molecule has 4 heterocycles. The van der Waals surface area contributed by atoms with E-state index in [9.17, 15) is 0 Å². The van der Waals surface area contributed by atoms with Crippen LogP contribution in [0.15, 0.2) is 128 Å². The summed E-state index contributed by atoms with van der Waals surface area (Å²) in [6.07, 6.45) is 11.0. The number of hydrogen-bond acceptors (Lipinski definition) is 3. The lowest BCUT2D eigenvalue weighted by atomic mass is 9.91. The fourth-order valence-electron chi connectivity index (χ4n) is 6.72. The molecule has 39 heavy (non-hydrogen) atoms. The highest BCUT2D eigenvalue weighted by Crippen LogP contribution is 2.50. The first-order valence-electron chi connectivity index (χ1n) is 13.4. The molecule has 0 saturated carbocycles. The first-order chi connectivity index (χ1) is 19.4. The monoisotopic (exact) mass is 517 g/mol. The maximum atomic E-state index is 5.00. The van der Waals surface area contributed by atoms with Gasteiger partial charge in [0.1, 0.15) is 0 Å². The van der Waals surface area contributed by atoms with Crippen molar-refractivity contribution in [3.63, 3.8) is 0 Å². The van der Waals surface area contributed by atoms with E-state index < -0.39 is 0 Å². The largest absolute Gasteiger partial charge is 0.317 e. The summed E-state index contributed by atoms with van der Waals surface area (Å²) in [6.45, 7) is 0. The topological polar surface area (TPSA) is 21.1 Å². The summed E-state index contributed by atoms with van der Waals surface area (Å²) in [6, 6.07) is 35.5. The summed E-state index contributed by atoms with van der Waals surface area (Å²) < 4.78 is 4.92. The minimum absolute atomic E-state index is 0.240. The molecule has 0 amide bonds. The van der Waals surface area contributed by atoms with Crippen LogP contribution < -0.4 is 4.90 Å². The lowest BCUT2D eigenvalue weighted by Gasteiger charge is -2.28. The fourth-order valence-corrected chi connectivity index (χ4v) is 7.89. The maximum Gasteiger partial charge on any atom is 0.151 e. The number of allylic oxidation sites excluding steroid dienone is 2. The molecule has 0 bridgehead atoms. The quantitative estimate of drug-likeness (QED) is 0.228. The average molecular weight is 518 g/mol. The van der Waals surface area contributed by atoms with Crippen molar-refractivity contribution >= 4 is 64.8 Å². The van der Waals surface area contributed by atoms with Crippen LogP contribution in [0.4, 0.5) is 11.5 Å².